The Morgan fingerprint density at radius 3 is 2.54 bits per heavy atom. The van der Waals surface area contributed by atoms with Crippen molar-refractivity contribution in [2.45, 2.75) is 45.8 Å². The van der Waals surface area contributed by atoms with Crippen molar-refractivity contribution < 1.29 is 9.47 Å². The van der Waals surface area contributed by atoms with Gasteiger partial charge in [-0.15, -0.1) is 0 Å². The fraction of sp³-hybridized carbons (Fsp3) is 0.632. The van der Waals surface area contributed by atoms with Crippen LogP contribution < -0.4 is 11.1 Å². The van der Waals surface area contributed by atoms with Gasteiger partial charge >= 0.3 is 0 Å². The van der Waals surface area contributed by atoms with Crippen molar-refractivity contribution in [3.63, 3.8) is 0 Å². The van der Waals surface area contributed by atoms with E-state index in [1.807, 2.05) is 6.07 Å². The van der Waals surface area contributed by atoms with Crippen LogP contribution in [-0.2, 0) is 9.47 Å². The highest BCUT2D eigenvalue weighted by atomic mass is 16.7. The van der Waals surface area contributed by atoms with Crippen LogP contribution in [0.4, 0.5) is 11.4 Å². The molecule has 1 saturated carbocycles. The first kappa shape index (κ1) is 17.1. The van der Waals surface area contributed by atoms with Gasteiger partial charge in [0.05, 0.1) is 36.2 Å². The molecule has 0 amide bonds. The fourth-order valence-electron chi connectivity index (χ4n) is 4.64. The molecule has 24 heavy (non-hydrogen) atoms. The van der Waals surface area contributed by atoms with Gasteiger partial charge in [-0.3, -0.25) is 0 Å². The highest BCUT2D eigenvalue weighted by Gasteiger charge is 2.52. The Morgan fingerprint density at radius 2 is 1.88 bits per heavy atom. The number of nitrogens with two attached hydrogens (primary N) is 1. The minimum Gasteiger partial charge on any atom is -0.397 e. The summed E-state index contributed by atoms with van der Waals surface area (Å²) in [4.78, 5) is 0. The predicted octanol–water partition coefficient (Wildman–Crippen LogP) is 3.51. The number of nitriles is 1. The second kappa shape index (κ2) is 5.94. The van der Waals surface area contributed by atoms with E-state index in [0.717, 1.165) is 31.5 Å². The smallest absolute Gasteiger partial charge is 0.169 e. The van der Waals surface area contributed by atoms with E-state index in [1.54, 1.807) is 12.1 Å². The third-order valence-corrected chi connectivity index (χ3v) is 5.05. The van der Waals surface area contributed by atoms with Gasteiger partial charge in [-0.25, -0.2) is 0 Å². The fourth-order valence-corrected chi connectivity index (χ4v) is 4.64. The van der Waals surface area contributed by atoms with Crippen LogP contribution in [0.15, 0.2) is 18.2 Å². The van der Waals surface area contributed by atoms with Gasteiger partial charge in [0.2, 0.25) is 0 Å². The third-order valence-electron chi connectivity index (χ3n) is 5.05. The molecule has 1 saturated heterocycles. The summed E-state index contributed by atoms with van der Waals surface area (Å²) in [5, 5.41) is 12.5. The molecule has 1 aromatic rings. The summed E-state index contributed by atoms with van der Waals surface area (Å²) < 4.78 is 12.0. The summed E-state index contributed by atoms with van der Waals surface area (Å²) in [6.45, 7) is 8.96. The van der Waals surface area contributed by atoms with E-state index in [0.29, 0.717) is 24.5 Å². The van der Waals surface area contributed by atoms with Gasteiger partial charge in [-0.05, 0) is 35.4 Å². The SMILES string of the molecule is CC1(C)CC(C)(CNc2cc(C#N)ccc2N)CC2(C1)OCCO2. The lowest BCUT2D eigenvalue weighted by Gasteiger charge is -2.50. The molecular weight excluding hydrogens is 302 g/mol. The van der Waals surface area contributed by atoms with Gasteiger partial charge in [-0.1, -0.05) is 20.8 Å². The van der Waals surface area contributed by atoms with Gasteiger partial charge in [0.1, 0.15) is 0 Å². The molecule has 3 N–H and O–H groups in total. The van der Waals surface area contributed by atoms with Crippen molar-refractivity contribution in [1.82, 2.24) is 0 Å². The quantitative estimate of drug-likeness (QED) is 0.830. The van der Waals surface area contributed by atoms with Crippen molar-refractivity contribution >= 4 is 11.4 Å². The van der Waals surface area contributed by atoms with Crippen LogP contribution in [-0.4, -0.2) is 25.5 Å². The summed E-state index contributed by atoms with van der Waals surface area (Å²) in [5.41, 5.74) is 8.33. The van der Waals surface area contributed by atoms with Gasteiger partial charge in [-0.2, -0.15) is 5.26 Å². The molecule has 1 aromatic carbocycles. The first-order valence-corrected chi connectivity index (χ1v) is 8.56. The van der Waals surface area contributed by atoms with Gasteiger partial charge in [0.15, 0.2) is 5.79 Å². The maximum absolute atomic E-state index is 9.08. The predicted molar refractivity (Wildman–Crippen MR) is 94.4 cm³/mol. The molecule has 1 aliphatic carbocycles. The summed E-state index contributed by atoms with van der Waals surface area (Å²) in [6, 6.07) is 7.48. The number of benzene rings is 1. The summed E-state index contributed by atoms with van der Waals surface area (Å²) in [7, 11) is 0. The summed E-state index contributed by atoms with van der Waals surface area (Å²) in [5.74, 6) is -0.446. The number of nitrogen functional groups attached to an aromatic ring is 1. The zero-order valence-corrected chi connectivity index (χ0v) is 14.8. The molecule has 0 aromatic heterocycles. The van der Waals surface area contributed by atoms with Gasteiger partial charge < -0.3 is 20.5 Å². The molecule has 5 nitrogen and oxygen atoms in total. The minimum absolute atomic E-state index is 0.0289. The molecule has 5 heteroatoms. The molecule has 1 aliphatic heterocycles. The zero-order chi connectivity index (χ0) is 17.4. The number of ether oxygens (including phenoxy) is 2. The molecule has 1 heterocycles. The largest absolute Gasteiger partial charge is 0.397 e. The van der Waals surface area contributed by atoms with E-state index >= 15 is 0 Å². The number of hydrogen-bond acceptors (Lipinski definition) is 5. The lowest BCUT2D eigenvalue weighted by Crippen LogP contribution is -2.50. The molecule has 130 valence electrons. The van der Waals surface area contributed by atoms with E-state index in [9.17, 15) is 0 Å². The Bertz CT molecular complexity index is 659. The lowest BCUT2D eigenvalue weighted by atomic mass is 9.62. The van der Waals surface area contributed by atoms with Crippen molar-refractivity contribution in [3.8, 4) is 6.07 Å². The van der Waals surface area contributed by atoms with Crippen LogP contribution >= 0.6 is 0 Å². The Kier molecular flexibility index (Phi) is 4.23. The zero-order valence-electron chi connectivity index (χ0n) is 14.8. The highest BCUT2D eigenvalue weighted by Crippen LogP contribution is 2.53. The Balaban J connectivity index is 1.77. The van der Waals surface area contributed by atoms with E-state index in [1.165, 1.54) is 0 Å². The van der Waals surface area contributed by atoms with Gasteiger partial charge in [0, 0.05) is 19.4 Å². The Labute approximate surface area is 144 Å². The average Bonchev–Trinajstić information content (AvgIpc) is 2.91. The maximum atomic E-state index is 9.08. The van der Waals surface area contributed by atoms with Crippen LogP contribution in [0.1, 0.15) is 45.6 Å². The van der Waals surface area contributed by atoms with E-state index in [-0.39, 0.29) is 10.8 Å². The molecule has 2 fully saturated rings. The monoisotopic (exact) mass is 329 g/mol. The van der Waals surface area contributed by atoms with Crippen LogP contribution in [0.25, 0.3) is 0 Å². The second-order valence-corrected chi connectivity index (χ2v) is 8.38. The number of nitrogens with zero attached hydrogens (tertiary/aromatic N) is 1. The van der Waals surface area contributed by atoms with E-state index < -0.39 is 5.79 Å². The molecular formula is C19H27N3O2. The number of anilines is 2. The van der Waals surface area contributed by atoms with Crippen molar-refractivity contribution in [1.29, 1.82) is 5.26 Å². The molecule has 0 radical (unpaired) electrons. The Hall–Kier alpha value is -1.77. The molecule has 1 spiro atoms. The maximum Gasteiger partial charge on any atom is 0.169 e. The molecule has 3 rings (SSSR count). The topological polar surface area (TPSA) is 80.3 Å². The average molecular weight is 329 g/mol. The first-order chi connectivity index (χ1) is 11.2. The van der Waals surface area contributed by atoms with Crippen LogP contribution in [0.5, 0.6) is 0 Å². The molecule has 1 atom stereocenters. The van der Waals surface area contributed by atoms with Crippen LogP contribution in [0.2, 0.25) is 0 Å². The highest BCUT2D eigenvalue weighted by molar-refractivity contribution is 5.68. The van der Waals surface area contributed by atoms with Crippen molar-refractivity contribution in [2.75, 3.05) is 30.8 Å². The second-order valence-electron chi connectivity index (χ2n) is 8.38. The summed E-state index contributed by atoms with van der Waals surface area (Å²) >= 11 is 0. The van der Waals surface area contributed by atoms with E-state index in [4.69, 9.17) is 20.5 Å². The molecule has 2 aliphatic rings. The van der Waals surface area contributed by atoms with Crippen LogP contribution in [0.3, 0.4) is 0 Å². The number of rotatable bonds is 3. The van der Waals surface area contributed by atoms with Gasteiger partial charge in [0.25, 0.3) is 0 Å². The molecule has 0 bridgehead atoms. The van der Waals surface area contributed by atoms with Crippen LogP contribution in [0, 0.1) is 22.2 Å². The number of nitrogens with one attached hydrogen (secondary N) is 1. The Morgan fingerprint density at radius 1 is 1.17 bits per heavy atom. The first-order valence-electron chi connectivity index (χ1n) is 8.56. The standard InChI is InChI=1S/C19H27N3O2/c1-17(2)10-18(3,12-19(11-17)23-6-7-24-19)13-22-16-8-14(9-20)4-5-15(16)21/h4-5,8,22H,6-7,10-13,21H2,1-3H3. The normalized spacial score (nSPS) is 27.8. The van der Waals surface area contributed by atoms with E-state index in [2.05, 4.69) is 32.2 Å². The molecule has 1 unspecified atom stereocenters. The number of hydrogen-bond donors (Lipinski definition) is 2. The third kappa shape index (κ3) is 3.50. The van der Waals surface area contributed by atoms with Crippen molar-refractivity contribution in [3.05, 3.63) is 23.8 Å². The lowest BCUT2D eigenvalue weighted by molar-refractivity contribution is -0.222. The minimum atomic E-state index is -0.446. The van der Waals surface area contributed by atoms with Crippen molar-refractivity contribution in [2.24, 2.45) is 10.8 Å². The summed E-state index contributed by atoms with van der Waals surface area (Å²) in [6.07, 6.45) is 2.88.